The van der Waals surface area contributed by atoms with Crippen LogP contribution in [0.15, 0.2) is 12.1 Å². The minimum Gasteiger partial charge on any atom is -0.383 e. The molecule has 1 aromatic carbocycles. The summed E-state index contributed by atoms with van der Waals surface area (Å²) in [5.41, 5.74) is 1.47. The SMILES string of the molecule is Cc1cc(C(F)(F)F)cc(C)c1-n1nc2nc(C(F)(F)F)nc(C(F)(F)F)c2c1N. The van der Waals surface area contributed by atoms with Crippen molar-refractivity contribution < 1.29 is 39.5 Å². The summed E-state index contributed by atoms with van der Waals surface area (Å²) in [5, 5.41) is 2.61. The topological polar surface area (TPSA) is 69.6 Å². The van der Waals surface area contributed by atoms with Gasteiger partial charge in [-0.2, -0.15) is 39.5 Å². The van der Waals surface area contributed by atoms with E-state index >= 15 is 0 Å². The van der Waals surface area contributed by atoms with Crippen molar-refractivity contribution in [2.45, 2.75) is 32.4 Å². The lowest BCUT2D eigenvalue weighted by molar-refractivity contribution is -0.151. The number of nitrogens with zero attached hydrogens (tertiary/aromatic N) is 4. The third-order valence-corrected chi connectivity index (χ3v) is 4.12. The lowest BCUT2D eigenvalue weighted by Gasteiger charge is -2.15. The van der Waals surface area contributed by atoms with Crippen molar-refractivity contribution in [3.8, 4) is 5.69 Å². The van der Waals surface area contributed by atoms with Crippen LogP contribution in [0.25, 0.3) is 16.7 Å². The van der Waals surface area contributed by atoms with Gasteiger partial charge in [-0.15, -0.1) is 5.10 Å². The lowest BCUT2D eigenvalue weighted by atomic mass is 10.0. The van der Waals surface area contributed by atoms with Crippen LogP contribution in [0.5, 0.6) is 0 Å². The Morgan fingerprint density at radius 3 is 1.77 bits per heavy atom. The first-order valence-corrected chi connectivity index (χ1v) is 7.91. The molecule has 0 amide bonds. The van der Waals surface area contributed by atoms with Gasteiger partial charge in [0.25, 0.3) is 0 Å². The smallest absolute Gasteiger partial charge is 0.383 e. The molecule has 3 rings (SSSR count). The van der Waals surface area contributed by atoms with Crippen molar-refractivity contribution in [3.63, 3.8) is 0 Å². The van der Waals surface area contributed by atoms with Crippen molar-refractivity contribution in [2.24, 2.45) is 0 Å². The fourth-order valence-electron chi connectivity index (χ4n) is 2.97. The molecule has 0 atom stereocenters. The maximum atomic E-state index is 13.3. The number of hydrogen-bond donors (Lipinski definition) is 1. The molecule has 0 spiro atoms. The van der Waals surface area contributed by atoms with Gasteiger partial charge in [0.15, 0.2) is 11.3 Å². The predicted octanol–water partition coefficient (Wildman–Crippen LogP) is 5.07. The Kier molecular flexibility index (Phi) is 4.67. The molecule has 2 N–H and O–H groups in total. The van der Waals surface area contributed by atoms with Crippen LogP contribution in [0.1, 0.15) is 28.2 Å². The van der Waals surface area contributed by atoms with Gasteiger partial charge in [0.2, 0.25) is 5.82 Å². The van der Waals surface area contributed by atoms with E-state index in [4.69, 9.17) is 5.73 Å². The number of aromatic nitrogens is 4. The zero-order valence-electron chi connectivity index (χ0n) is 14.9. The average Bonchev–Trinajstić information content (AvgIpc) is 2.87. The summed E-state index contributed by atoms with van der Waals surface area (Å²) in [6.07, 6.45) is -15.3. The van der Waals surface area contributed by atoms with E-state index in [9.17, 15) is 39.5 Å². The Bertz CT molecular complexity index is 1120. The largest absolute Gasteiger partial charge is 0.451 e. The highest BCUT2D eigenvalue weighted by Crippen LogP contribution is 2.40. The summed E-state index contributed by atoms with van der Waals surface area (Å²) < 4.78 is 118. The first-order valence-electron chi connectivity index (χ1n) is 7.91. The van der Waals surface area contributed by atoms with Crippen molar-refractivity contribution in [1.29, 1.82) is 0 Å². The molecular weight excluding hydrogens is 433 g/mol. The molecule has 2 aromatic heterocycles. The van der Waals surface area contributed by atoms with Gasteiger partial charge in [-0.25, -0.2) is 14.6 Å². The van der Waals surface area contributed by atoms with Gasteiger partial charge in [-0.1, -0.05) is 0 Å². The Morgan fingerprint density at radius 1 is 0.800 bits per heavy atom. The van der Waals surface area contributed by atoms with Crippen LogP contribution < -0.4 is 5.73 Å². The number of rotatable bonds is 1. The molecule has 162 valence electrons. The average molecular weight is 443 g/mol. The minimum atomic E-state index is -5.33. The Balaban J connectivity index is 2.37. The van der Waals surface area contributed by atoms with Gasteiger partial charge in [0.1, 0.15) is 5.82 Å². The van der Waals surface area contributed by atoms with E-state index in [-0.39, 0.29) is 16.8 Å². The molecule has 30 heavy (non-hydrogen) atoms. The van der Waals surface area contributed by atoms with Gasteiger partial charge in [-0.3, -0.25) is 0 Å². The molecule has 0 fully saturated rings. The Morgan fingerprint density at radius 2 is 1.33 bits per heavy atom. The van der Waals surface area contributed by atoms with Crippen LogP contribution in [0.2, 0.25) is 0 Å². The molecule has 3 aromatic rings. The summed E-state index contributed by atoms with van der Waals surface area (Å²) in [6.45, 7) is 2.45. The third kappa shape index (κ3) is 3.61. The predicted molar refractivity (Wildman–Crippen MR) is 85.6 cm³/mol. The van der Waals surface area contributed by atoms with Crippen LogP contribution in [-0.4, -0.2) is 19.7 Å². The summed E-state index contributed by atoms with van der Waals surface area (Å²) in [6, 6.07) is 1.43. The number of nitrogen functional groups attached to an aromatic ring is 1. The van der Waals surface area contributed by atoms with E-state index in [0.717, 1.165) is 0 Å². The first-order chi connectivity index (χ1) is 13.5. The standard InChI is InChI=1S/C16H10F9N5/c1-5-3-7(14(17,18)19)4-6(2)9(5)30-11(26)8-10(15(20,21)22)27-13(16(23,24)25)28-12(8)29-30/h3-4H,26H2,1-2H3. The second-order valence-corrected chi connectivity index (χ2v) is 6.34. The third-order valence-electron chi connectivity index (χ3n) is 4.12. The van der Waals surface area contributed by atoms with E-state index < -0.39 is 52.5 Å². The van der Waals surface area contributed by atoms with Crippen molar-refractivity contribution in [3.05, 3.63) is 40.3 Å². The quantitative estimate of drug-likeness (QED) is 0.534. The molecule has 14 heteroatoms. The summed E-state index contributed by atoms with van der Waals surface area (Å²) in [4.78, 5) is 5.58. The lowest BCUT2D eigenvalue weighted by Crippen LogP contribution is -2.17. The highest BCUT2D eigenvalue weighted by molar-refractivity contribution is 5.90. The van der Waals surface area contributed by atoms with Crippen LogP contribution in [0.3, 0.4) is 0 Å². The van der Waals surface area contributed by atoms with Gasteiger partial charge in [0, 0.05) is 0 Å². The van der Waals surface area contributed by atoms with Crippen LogP contribution >= 0.6 is 0 Å². The number of hydrogen-bond acceptors (Lipinski definition) is 4. The Labute approximate surface area is 161 Å². The van der Waals surface area contributed by atoms with Crippen molar-refractivity contribution in [1.82, 2.24) is 19.7 Å². The van der Waals surface area contributed by atoms with E-state index in [2.05, 4.69) is 15.1 Å². The fourth-order valence-corrected chi connectivity index (χ4v) is 2.97. The summed E-state index contributed by atoms with van der Waals surface area (Å²) >= 11 is 0. The van der Waals surface area contributed by atoms with Crippen LogP contribution in [0.4, 0.5) is 45.3 Å². The number of benzene rings is 1. The molecule has 0 unspecified atom stereocenters. The van der Waals surface area contributed by atoms with Crippen LogP contribution in [0, 0.1) is 13.8 Å². The van der Waals surface area contributed by atoms with E-state index in [0.29, 0.717) is 16.8 Å². The Hall–Kier alpha value is -3.06. The summed E-state index contributed by atoms with van der Waals surface area (Å²) in [5.74, 6) is -2.84. The number of alkyl halides is 9. The second kappa shape index (κ2) is 6.47. The maximum Gasteiger partial charge on any atom is 0.451 e. The van der Waals surface area contributed by atoms with E-state index in [1.807, 2.05) is 0 Å². The number of anilines is 1. The van der Waals surface area contributed by atoms with E-state index in [1.165, 1.54) is 13.8 Å². The van der Waals surface area contributed by atoms with Crippen molar-refractivity contribution >= 4 is 16.9 Å². The van der Waals surface area contributed by atoms with Gasteiger partial charge < -0.3 is 5.73 Å². The number of halogens is 9. The zero-order valence-corrected chi connectivity index (χ0v) is 14.9. The van der Waals surface area contributed by atoms with Crippen LogP contribution in [-0.2, 0) is 18.5 Å². The van der Waals surface area contributed by atoms with Crippen molar-refractivity contribution in [2.75, 3.05) is 5.73 Å². The summed E-state index contributed by atoms with van der Waals surface area (Å²) in [7, 11) is 0. The molecule has 0 aliphatic heterocycles. The molecule has 0 saturated carbocycles. The monoisotopic (exact) mass is 443 g/mol. The molecule has 2 heterocycles. The molecule has 5 nitrogen and oxygen atoms in total. The second-order valence-electron chi connectivity index (χ2n) is 6.34. The zero-order chi connectivity index (χ0) is 22.8. The fraction of sp³-hybridized carbons (Fsp3) is 0.312. The maximum absolute atomic E-state index is 13.3. The molecule has 0 bridgehead atoms. The molecule has 0 aliphatic carbocycles. The number of fused-ring (bicyclic) bond motifs is 1. The van der Waals surface area contributed by atoms with Gasteiger partial charge in [0.05, 0.1) is 16.6 Å². The number of nitrogens with two attached hydrogens (primary N) is 1. The first kappa shape index (κ1) is 21.6. The van der Waals surface area contributed by atoms with E-state index in [1.54, 1.807) is 0 Å². The molecule has 0 saturated heterocycles. The highest BCUT2D eigenvalue weighted by atomic mass is 19.4. The highest BCUT2D eigenvalue weighted by Gasteiger charge is 2.43. The van der Waals surface area contributed by atoms with Gasteiger partial charge in [-0.05, 0) is 37.1 Å². The van der Waals surface area contributed by atoms with Gasteiger partial charge >= 0.3 is 18.5 Å². The molecule has 0 radical (unpaired) electrons. The normalized spacial score (nSPS) is 13.3. The molecular formula is C16H10F9N5. The number of aryl methyl sites for hydroxylation is 2. The minimum absolute atomic E-state index is 0.0700. The molecule has 0 aliphatic rings.